The van der Waals surface area contributed by atoms with Gasteiger partial charge in [0.1, 0.15) is 17.6 Å². The van der Waals surface area contributed by atoms with E-state index in [1.165, 1.54) is 11.5 Å². The van der Waals surface area contributed by atoms with Gasteiger partial charge in [-0.25, -0.2) is 4.98 Å². The van der Waals surface area contributed by atoms with Gasteiger partial charge in [0.05, 0.1) is 7.11 Å². The minimum Gasteiger partial charge on any atom is -0.497 e. The third-order valence-corrected chi connectivity index (χ3v) is 6.45. The number of benzene rings is 2. The molecule has 2 aliphatic rings. The van der Waals surface area contributed by atoms with Crippen LogP contribution < -0.4 is 24.4 Å². The van der Waals surface area contributed by atoms with Gasteiger partial charge in [0, 0.05) is 31.0 Å². The lowest BCUT2D eigenvalue weighted by Gasteiger charge is -2.22. The van der Waals surface area contributed by atoms with Crippen LogP contribution in [0.25, 0.3) is 0 Å². The molecule has 2 aliphatic heterocycles. The Morgan fingerprint density at radius 3 is 3.03 bits per heavy atom. The molecule has 8 nitrogen and oxygen atoms in total. The quantitative estimate of drug-likeness (QED) is 0.589. The molecule has 3 aromatic rings. The Hall–Kier alpha value is -3.33. The number of carbonyl (C=O) groups is 1. The van der Waals surface area contributed by atoms with Gasteiger partial charge in [-0.05, 0) is 48.2 Å². The van der Waals surface area contributed by atoms with Crippen LogP contribution in [0, 0.1) is 0 Å². The summed E-state index contributed by atoms with van der Waals surface area (Å²) in [6.07, 6.45) is 2.38. The van der Waals surface area contributed by atoms with Crippen LogP contribution in [0.2, 0.25) is 0 Å². The van der Waals surface area contributed by atoms with Crippen molar-refractivity contribution in [3.63, 3.8) is 0 Å². The van der Waals surface area contributed by atoms with E-state index in [9.17, 15) is 4.79 Å². The number of fused-ring (bicyclic) bond motifs is 1. The van der Waals surface area contributed by atoms with E-state index in [0.717, 1.165) is 58.7 Å². The molecule has 1 saturated heterocycles. The second-order valence-electron chi connectivity index (χ2n) is 7.78. The molecule has 1 aromatic heterocycles. The van der Waals surface area contributed by atoms with E-state index >= 15 is 0 Å². The molecule has 2 aromatic carbocycles. The third-order valence-electron chi connectivity index (χ3n) is 5.66. The summed E-state index contributed by atoms with van der Waals surface area (Å²) in [6.45, 7) is 1.48. The zero-order valence-electron chi connectivity index (χ0n) is 17.7. The van der Waals surface area contributed by atoms with Gasteiger partial charge in [-0.1, -0.05) is 18.2 Å². The first kappa shape index (κ1) is 20.6. The van der Waals surface area contributed by atoms with E-state index in [1.807, 2.05) is 42.5 Å². The number of methoxy groups -OCH3 is 1. The summed E-state index contributed by atoms with van der Waals surface area (Å²) in [7, 11) is 1.66. The van der Waals surface area contributed by atoms with Crippen LogP contribution in [0.1, 0.15) is 29.8 Å². The van der Waals surface area contributed by atoms with E-state index in [4.69, 9.17) is 19.2 Å². The molecule has 0 aliphatic carbocycles. The second-order valence-corrected chi connectivity index (χ2v) is 8.51. The van der Waals surface area contributed by atoms with Crippen molar-refractivity contribution >= 4 is 22.6 Å². The number of ether oxygens (including phenoxy) is 3. The number of aromatic nitrogens is 2. The van der Waals surface area contributed by atoms with Gasteiger partial charge in [-0.3, -0.25) is 4.79 Å². The number of amides is 1. The minimum atomic E-state index is -0.235. The first-order valence-electron chi connectivity index (χ1n) is 10.6. The third kappa shape index (κ3) is 4.34. The lowest BCUT2D eigenvalue weighted by atomic mass is 10.1. The molecule has 0 bridgehead atoms. The fourth-order valence-corrected chi connectivity index (χ4v) is 4.79. The molecular formula is C23H24N4O4S. The molecule has 166 valence electrons. The molecule has 3 heterocycles. The Labute approximate surface area is 190 Å². The molecule has 1 fully saturated rings. The van der Waals surface area contributed by atoms with Gasteiger partial charge >= 0.3 is 0 Å². The van der Waals surface area contributed by atoms with Crippen LogP contribution in [0.15, 0.2) is 42.5 Å². The van der Waals surface area contributed by atoms with Crippen LogP contribution in [0.3, 0.4) is 0 Å². The molecule has 5 rings (SSSR count). The summed E-state index contributed by atoms with van der Waals surface area (Å²) >= 11 is 1.35. The standard InChI is InChI=1S/C23H24N4O4S/c1-29-17-5-2-4-15(10-17)12-21-25-23(32-26-21)27-9-3-6-18(27)22(28)24-13-16-7-8-19-20(11-16)31-14-30-19/h2,4-5,7-8,10-11,18H,3,6,9,12-14H2,1H3,(H,24,28). The largest absolute Gasteiger partial charge is 0.497 e. The summed E-state index contributed by atoms with van der Waals surface area (Å²) in [4.78, 5) is 19.7. The molecule has 0 spiro atoms. The number of hydrogen-bond acceptors (Lipinski definition) is 8. The number of anilines is 1. The maximum atomic E-state index is 12.9. The van der Waals surface area contributed by atoms with Crippen molar-refractivity contribution in [1.82, 2.24) is 14.7 Å². The number of hydrogen-bond donors (Lipinski definition) is 1. The minimum absolute atomic E-state index is 0.00436. The fourth-order valence-electron chi connectivity index (χ4n) is 4.02. The highest BCUT2D eigenvalue weighted by Crippen LogP contribution is 2.32. The maximum Gasteiger partial charge on any atom is 0.243 e. The van der Waals surface area contributed by atoms with Crippen molar-refractivity contribution in [3.05, 3.63) is 59.4 Å². The molecule has 0 saturated carbocycles. The van der Waals surface area contributed by atoms with Crippen LogP contribution in [0.5, 0.6) is 17.2 Å². The summed E-state index contributed by atoms with van der Waals surface area (Å²) in [5.41, 5.74) is 2.07. The van der Waals surface area contributed by atoms with Gasteiger partial charge in [-0.15, -0.1) is 0 Å². The normalized spacial score (nSPS) is 16.9. The van der Waals surface area contributed by atoms with Crippen molar-refractivity contribution in [3.8, 4) is 17.2 Å². The first-order valence-corrected chi connectivity index (χ1v) is 11.4. The molecule has 9 heteroatoms. The Morgan fingerprint density at radius 2 is 2.12 bits per heavy atom. The summed E-state index contributed by atoms with van der Waals surface area (Å²) in [5.74, 6) is 3.03. The zero-order chi connectivity index (χ0) is 21.9. The fraction of sp³-hybridized carbons (Fsp3) is 0.348. The first-order chi connectivity index (χ1) is 15.7. The van der Waals surface area contributed by atoms with Crippen molar-refractivity contribution in [2.45, 2.75) is 31.8 Å². The Morgan fingerprint density at radius 1 is 1.22 bits per heavy atom. The van der Waals surface area contributed by atoms with Crippen LogP contribution in [-0.4, -0.2) is 41.8 Å². The van der Waals surface area contributed by atoms with E-state index in [0.29, 0.717) is 13.0 Å². The monoisotopic (exact) mass is 452 g/mol. The average Bonchev–Trinajstić information content (AvgIpc) is 3.57. The number of nitrogens with one attached hydrogen (secondary N) is 1. The van der Waals surface area contributed by atoms with Gasteiger partial charge in [-0.2, -0.15) is 4.37 Å². The van der Waals surface area contributed by atoms with E-state index in [1.54, 1.807) is 7.11 Å². The second kappa shape index (κ2) is 9.04. The van der Waals surface area contributed by atoms with Crippen LogP contribution in [0.4, 0.5) is 5.13 Å². The van der Waals surface area contributed by atoms with Crippen molar-refractivity contribution in [2.75, 3.05) is 25.3 Å². The summed E-state index contributed by atoms with van der Waals surface area (Å²) in [5, 5.41) is 3.85. The average molecular weight is 453 g/mol. The van der Waals surface area contributed by atoms with Gasteiger partial charge in [0.15, 0.2) is 11.5 Å². The van der Waals surface area contributed by atoms with Gasteiger partial charge < -0.3 is 24.4 Å². The SMILES string of the molecule is COc1cccc(Cc2nsc(N3CCCC3C(=O)NCc3ccc4c(c3)OCO4)n2)c1. The molecule has 1 amide bonds. The molecule has 32 heavy (non-hydrogen) atoms. The van der Waals surface area contributed by atoms with Crippen LogP contribution in [-0.2, 0) is 17.8 Å². The van der Waals surface area contributed by atoms with Crippen molar-refractivity contribution in [2.24, 2.45) is 0 Å². The van der Waals surface area contributed by atoms with E-state index in [2.05, 4.69) is 14.6 Å². The molecule has 1 unspecified atom stereocenters. The van der Waals surface area contributed by atoms with Crippen molar-refractivity contribution < 1.29 is 19.0 Å². The van der Waals surface area contributed by atoms with Gasteiger partial charge in [0.25, 0.3) is 0 Å². The smallest absolute Gasteiger partial charge is 0.243 e. The highest BCUT2D eigenvalue weighted by Gasteiger charge is 2.32. The Bertz CT molecular complexity index is 1120. The summed E-state index contributed by atoms with van der Waals surface area (Å²) < 4.78 is 20.6. The predicted molar refractivity (Wildman–Crippen MR) is 120 cm³/mol. The van der Waals surface area contributed by atoms with E-state index < -0.39 is 0 Å². The number of rotatable bonds is 7. The number of nitrogens with zero attached hydrogens (tertiary/aromatic N) is 3. The summed E-state index contributed by atoms with van der Waals surface area (Å²) in [6, 6.07) is 13.4. The zero-order valence-corrected chi connectivity index (χ0v) is 18.6. The Balaban J connectivity index is 1.22. The lowest BCUT2D eigenvalue weighted by Crippen LogP contribution is -2.43. The predicted octanol–water partition coefficient (Wildman–Crippen LogP) is 3.15. The van der Waals surface area contributed by atoms with Gasteiger partial charge in [0.2, 0.25) is 17.8 Å². The highest BCUT2D eigenvalue weighted by molar-refractivity contribution is 7.09. The molecule has 0 radical (unpaired) electrons. The Kier molecular flexibility index (Phi) is 5.81. The van der Waals surface area contributed by atoms with Crippen molar-refractivity contribution in [1.29, 1.82) is 0 Å². The molecule has 1 atom stereocenters. The lowest BCUT2D eigenvalue weighted by molar-refractivity contribution is -0.122. The van der Waals surface area contributed by atoms with E-state index in [-0.39, 0.29) is 18.7 Å². The molecule has 1 N–H and O–H groups in total. The molecular weight excluding hydrogens is 428 g/mol. The number of carbonyl (C=O) groups excluding carboxylic acids is 1. The highest BCUT2D eigenvalue weighted by atomic mass is 32.1. The maximum absolute atomic E-state index is 12.9. The topological polar surface area (TPSA) is 85.8 Å². The van der Waals surface area contributed by atoms with Crippen LogP contribution >= 0.6 is 11.5 Å².